The summed E-state index contributed by atoms with van der Waals surface area (Å²) in [6.45, 7) is 4.34. The molecule has 2 saturated carbocycles. The average molecular weight is 546 g/mol. The first kappa shape index (κ1) is 25.5. The topological polar surface area (TPSA) is 133 Å². The number of benzene rings is 1. The van der Waals surface area contributed by atoms with Crippen molar-refractivity contribution in [1.29, 1.82) is 0 Å². The molecule has 4 aromatic rings. The van der Waals surface area contributed by atoms with E-state index in [0.717, 1.165) is 54.6 Å². The average Bonchev–Trinajstić information content (AvgIpc) is 3.84. The Morgan fingerprint density at radius 1 is 1.00 bits per heavy atom. The lowest BCUT2D eigenvalue weighted by atomic mass is 10.0. The van der Waals surface area contributed by atoms with Gasteiger partial charge in [-0.3, -0.25) is 9.36 Å². The quantitative estimate of drug-likeness (QED) is 0.325. The maximum atomic E-state index is 13.7. The maximum Gasteiger partial charge on any atom is 0.295 e. The molecule has 11 heteroatoms. The molecule has 2 aliphatic rings. The summed E-state index contributed by atoms with van der Waals surface area (Å²) in [5.74, 6) is 1.57. The molecule has 1 N–H and O–H groups in total. The van der Waals surface area contributed by atoms with Gasteiger partial charge in [0.1, 0.15) is 11.8 Å². The number of aromatic nitrogens is 6. The highest BCUT2D eigenvalue weighted by molar-refractivity contribution is 7.90. The maximum absolute atomic E-state index is 13.7. The second-order valence-corrected chi connectivity index (χ2v) is 12.6. The van der Waals surface area contributed by atoms with Crippen molar-refractivity contribution in [2.45, 2.75) is 75.3 Å². The molecule has 202 valence electrons. The van der Waals surface area contributed by atoms with Crippen LogP contribution in [0.3, 0.4) is 0 Å². The number of fused-ring (bicyclic) bond motifs is 1. The van der Waals surface area contributed by atoms with Crippen molar-refractivity contribution in [2.24, 2.45) is 0 Å². The van der Waals surface area contributed by atoms with E-state index < -0.39 is 9.84 Å². The molecule has 0 bridgehead atoms. The number of sulfone groups is 1. The summed E-state index contributed by atoms with van der Waals surface area (Å²) in [6.07, 6.45) is 9.67. The Labute approximate surface area is 226 Å². The summed E-state index contributed by atoms with van der Waals surface area (Å²) >= 11 is 0. The molecule has 3 aromatic heterocycles. The molecule has 2 aliphatic carbocycles. The van der Waals surface area contributed by atoms with E-state index in [9.17, 15) is 13.2 Å². The van der Waals surface area contributed by atoms with Crippen LogP contribution in [-0.2, 0) is 16.4 Å². The molecule has 6 rings (SSSR count). The van der Waals surface area contributed by atoms with Gasteiger partial charge in [-0.05, 0) is 56.7 Å². The van der Waals surface area contributed by atoms with Crippen LogP contribution >= 0.6 is 0 Å². The lowest BCUT2D eigenvalue weighted by molar-refractivity contribution is 0.526. The lowest BCUT2D eigenvalue weighted by Gasteiger charge is -2.18. The van der Waals surface area contributed by atoms with Gasteiger partial charge in [-0.2, -0.15) is 0 Å². The number of hydrogen-bond donors (Lipinski definition) is 1. The van der Waals surface area contributed by atoms with Crippen molar-refractivity contribution >= 4 is 26.8 Å². The molecule has 0 spiro atoms. The molecule has 39 heavy (non-hydrogen) atoms. The Kier molecular flexibility index (Phi) is 6.41. The second kappa shape index (κ2) is 9.78. The third-order valence-electron chi connectivity index (χ3n) is 7.53. The fraction of sp³-hybridized carbons (Fsp3) is 0.429. The van der Waals surface area contributed by atoms with Crippen LogP contribution in [0.25, 0.3) is 22.6 Å². The summed E-state index contributed by atoms with van der Waals surface area (Å²) in [4.78, 5) is 37.4. The predicted octanol–water partition coefficient (Wildman–Crippen LogP) is 4.38. The van der Waals surface area contributed by atoms with Gasteiger partial charge in [-0.15, -0.1) is 0 Å². The van der Waals surface area contributed by atoms with Gasteiger partial charge in [-0.1, -0.05) is 19.1 Å². The first-order chi connectivity index (χ1) is 18.7. The van der Waals surface area contributed by atoms with Gasteiger partial charge in [0.2, 0.25) is 0 Å². The first-order valence-electron chi connectivity index (χ1n) is 13.4. The van der Waals surface area contributed by atoms with Gasteiger partial charge in [0.15, 0.2) is 27.1 Å². The van der Waals surface area contributed by atoms with Crippen molar-refractivity contribution in [3.63, 3.8) is 0 Å². The molecular formula is C28H31N7O3S. The van der Waals surface area contributed by atoms with Crippen LogP contribution in [0.5, 0.6) is 0 Å². The van der Waals surface area contributed by atoms with Gasteiger partial charge < -0.3 is 5.32 Å². The largest absolute Gasteiger partial charge is 0.361 e. The van der Waals surface area contributed by atoms with Crippen LogP contribution in [0, 0.1) is 0 Å². The molecule has 1 atom stereocenters. The van der Waals surface area contributed by atoms with Crippen LogP contribution in [0.4, 0.5) is 5.82 Å². The van der Waals surface area contributed by atoms with Gasteiger partial charge in [0.25, 0.3) is 5.56 Å². The number of hydrogen-bond acceptors (Lipinski definition) is 9. The summed E-state index contributed by atoms with van der Waals surface area (Å²) in [7, 11) is -3.28. The Balaban J connectivity index is 1.40. The molecule has 1 aromatic carbocycles. The van der Waals surface area contributed by atoms with E-state index in [1.807, 2.05) is 13.8 Å². The highest BCUT2D eigenvalue weighted by Crippen LogP contribution is 2.48. The van der Waals surface area contributed by atoms with Gasteiger partial charge >= 0.3 is 0 Å². The van der Waals surface area contributed by atoms with Crippen molar-refractivity contribution in [3.8, 4) is 11.4 Å². The lowest BCUT2D eigenvalue weighted by Crippen LogP contribution is -2.28. The van der Waals surface area contributed by atoms with Gasteiger partial charge in [0, 0.05) is 30.7 Å². The van der Waals surface area contributed by atoms with Crippen LogP contribution in [0.2, 0.25) is 0 Å². The molecule has 0 aliphatic heterocycles. The van der Waals surface area contributed by atoms with Gasteiger partial charge in [-0.25, -0.2) is 33.3 Å². The van der Waals surface area contributed by atoms with E-state index in [1.54, 1.807) is 41.4 Å². The standard InChI is InChI=1S/C28H31N7O3S/c1-4-16(2)35-27-21(33-26(28(35)36)29-13-17-5-11-20(12-6-17)39(3,37)38)14-30-25(34-27)22-23(18-7-8-18)31-15-32-24(22)19-9-10-19/h5-6,11-12,14-16,18-19H,4,7-10,13H2,1-3H3,(H,29,33)/t16-/m1/s1. The van der Waals surface area contributed by atoms with E-state index in [2.05, 4.69) is 20.3 Å². The SMILES string of the molecule is CC[C@@H](C)n1c(=O)c(NCc2ccc(S(C)(=O)=O)cc2)nc2cnc(-c3c(C4CC4)ncnc3C3CC3)nc21. The minimum atomic E-state index is -3.28. The Bertz CT molecular complexity index is 1700. The minimum Gasteiger partial charge on any atom is -0.361 e. The number of rotatable bonds is 9. The summed E-state index contributed by atoms with van der Waals surface area (Å²) in [5.41, 5.74) is 4.53. The van der Waals surface area contributed by atoms with Crippen molar-refractivity contribution < 1.29 is 8.42 Å². The summed E-state index contributed by atoms with van der Waals surface area (Å²) in [6, 6.07) is 6.46. The zero-order chi connectivity index (χ0) is 27.3. The summed E-state index contributed by atoms with van der Waals surface area (Å²) in [5, 5.41) is 3.14. The molecule has 0 saturated heterocycles. The van der Waals surface area contributed by atoms with Gasteiger partial charge in [0.05, 0.1) is 28.0 Å². The third kappa shape index (κ3) is 5.03. The Morgan fingerprint density at radius 2 is 1.64 bits per heavy atom. The summed E-state index contributed by atoms with van der Waals surface area (Å²) < 4.78 is 25.2. The fourth-order valence-electron chi connectivity index (χ4n) is 4.84. The normalized spacial score (nSPS) is 16.4. The Hall–Kier alpha value is -3.73. The molecule has 2 fully saturated rings. The van der Waals surface area contributed by atoms with E-state index in [4.69, 9.17) is 9.97 Å². The minimum absolute atomic E-state index is 0.113. The number of anilines is 1. The predicted molar refractivity (Wildman–Crippen MR) is 148 cm³/mol. The molecule has 0 amide bonds. The first-order valence-corrected chi connectivity index (χ1v) is 15.3. The second-order valence-electron chi connectivity index (χ2n) is 10.6. The molecular weight excluding hydrogens is 514 g/mol. The highest BCUT2D eigenvalue weighted by Gasteiger charge is 2.35. The van der Waals surface area contributed by atoms with Crippen molar-refractivity contribution in [2.75, 3.05) is 11.6 Å². The van der Waals surface area contributed by atoms with E-state index in [-0.39, 0.29) is 22.3 Å². The van der Waals surface area contributed by atoms with E-state index >= 15 is 0 Å². The molecule has 10 nitrogen and oxygen atoms in total. The number of nitrogens with one attached hydrogen (secondary N) is 1. The number of nitrogens with zero attached hydrogens (tertiary/aromatic N) is 6. The van der Waals surface area contributed by atoms with Crippen LogP contribution in [0.1, 0.15) is 80.8 Å². The fourth-order valence-corrected chi connectivity index (χ4v) is 5.47. The van der Waals surface area contributed by atoms with Crippen LogP contribution in [0.15, 0.2) is 46.5 Å². The highest BCUT2D eigenvalue weighted by atomic mass is 32.2. The van der Waals surface area contributed by atoms with Crippen LogP contribution in [-0.4, -0.2) is 44.2 Å². The van der Waals surface area contributed by atoms with Crippen LogP contribution < -0.4 is 10.9 Å². The van der Waals surface area contributed by atoms with Crippen molar-refractivity contribution in [1.82, 2.24) is 29.5 Å². The Morgan fingerprint density at radius 3 is 2.21 bits per heavy atom. The van der Waals surface area contributed by atoms with Crippen molar-refractivity contribution in [3.05, 3.63) is 64.1 Å². The molecule has 3 heterocycles. The van der Waals surface area contributed by atoms with E-state index in [0.29, 0.717) is 35.4 Å². The zero-order valence-corrected chi connectivity index (χ0v) is 23.1. The monoisotopic (exact) mass is 545 g/mol. The molecule has 0 radical (unpaired) electrons. The third-order valence-corrected chi connectivity index (χ3v) is 8.66. The van der Waals surface area contributed by atoms with E-state index in [1.165, 1.54) is 6.26 Å². The molecule has 0 unspecified atom stereocenters. The smallest absolute Gasteiger partial charge is 0.295 e. The zero-order valence-electron chi connectivity index (χ0n) is 22.3.